The topological polar surface area (TPSA) is 55.4 Å². The van der Waals surface area contributed by atoms with Crippen LogP contribution in [-0.2, 0) is 14.3 Å². The van der Waals surface area contributed by atoms with Crippen molar-refractivity contribution >= 4 is 17.6 Å². The fourth-order valence-corrected chi connectivity index (χ4v) is 6.18. The van der Waals surface area contributed by atoms with E-state index in [0.29, 0.717) is 6.42 Å². The Balaban J connectivity index is 1.64. The maximum absolute atomic E-state index is 13.6. The molecule has 0 unspecified atom stereocenters. The molecule has 5 rings (SSSR count). The Labute approximate surface area is 165 Å². The van der Waals surface area contributed by atoms with Gasteiger partial charge in [0.05, 0.1) is 12.3 Å². The van der Waals surface area contributed by atoms with Crippen LogP contribution in [0.2, 0.25) is 0 Å². The molecule has 1 saturated carbocycles. The number of anilines is 1. The molecule has 0 aromatic heterocycles. The van der Waals surface area contributed by atoms with E-state index in [1.54, 1.807) is 0 Å². The highest BCUT2D eigenvalue weighted by Gasteiger charge is 2.64. The van der Waals surface area contributed by atoms with Gasteiger partial charge in [-0.25, -0.2) is 0 Å². The van der Waals surface area contributed by atoms with Gasteiger partial charge >= 0.3 is 5.97 Å². The molecule has 2 aromatic carbocycles. The number of rotatable bonds is 2. The van der Waals surface area contributed by atoms with E-state index in [9.17, 15) is 9.59 Å². The number of benzene rings is 2. The van der Waals surface area contributed by atoms with Crippen LogP contribution in [0.3, 0.4) is 0 Å². The van der Waals surface area contributed by atoms with Crippen molar-refractivity contribution < 1.29 is 14.3 Å². The first-order chi connectivity index (χ1) is 13.4. The summed E-state index contributed by atoms with van der Waals surface area (Å²) in [4.78, 5) is 26.3. The molecule has 1 N–H and O–H groups in total. The fraction of sp³-hybridized carbons (Fsp3) is 0.417. The second-order valence-electron chi connectivity index (χ2n) is 8.97. The van der Waals surface area contributed by atoms with Crippen molar-refractivity contribution in [2.45, 2.75) is 57.0 Å². The molecule has 2 aliphatic carbocycles. The van der Waals surface area contributed by atoms with Gasteiger partial charge in [0.25, 0.3) is 0 Å². The van der Waals surface area contributed by atoms with Gasteiger partial charge in [0.15, 0.2) is 0 Å². The molecule has 3 aliphatic rings. The molecule has 1 spiro atoms. The van der Waals surface area contributed by atoms with E-state index in [-0.39, 0.29) is 23.7 Å². The van der Waals surface area contributed by atoms with Gasteiger partial charge in [-0.3, -0.25) is 9.59 Å². The van der Waals surface area contributed by atoms with Crippen LogP contribution >= 0.6 is 0 Å². The quantitative estimate of drug-likeness (QED) is 0.775. The van der Waals surface area contributed by atoms with Crippen LogP contribution in [0.25, 0.3) is 0 Å². The first-order valence-electron chi connectivity index (χ1n) is 10.1. The number of carbonyl (C=O) groups is 2. The van der Waals surface area contributed by atoms with Crippen molar-refractivity contribution in [3.8, 4) is 0 Å². The van der Waals surface area contributed by atoms with E-state index in [4.69, 9.17) is 4.74 Å². The number of hydrogen-bond donors (Lipinski definition) is 1. The number of esters is 1. The van der Waals surface area contributed by atoms with Crippen LogP contribution in [0.15, 0.2) is 48.5 Å². The van der Waals surface area contributed by atoms with Gasteiger partial charge in [-0.05, 0) is 67.9 Å². The number of para-hydroxylation sites is 1. The maximum Gasteiger partial charge on any atom is 0.306 e. The van der Waals surface area contributed by atoms with E-state index in [2.05, 4.69) is 30.4 Å². The third kappa shape index (κ3) is 2.43. The molecule has 4 nitrogen and oxygen atoms in total. The molecule has 1 heterocycles. The minimum Gasteiger partial charge on any atom is -0.459 e. The molecule has 4 atom stereocenters. The van der Waals surface area contributed by atoms with Gasteiger partial charge in [0, 0.05) is 11.1 Å². The second kappa shape index (κ2) is 5.94. The summed E-state index contributed by atoms with van der Waals surface area (Å²) in [6, 6.07) is 15.9. The Morgan fingerprint density at radius 3 is 2.71 bits per heavy atom. The SMILES string of the molecule is Cc1cccc2c1[C@H](C(=O)Nc1ccccc1)[C@@]13CC(=O)O[C@@](C)(CC[C@H]21)C3. The minimum absolute atomic E-state index is 0.0109. The van der Waals surface area contributed by atoms with Crippen molar-refractivity contribution in [1.82, 2.24) is 0 Å². The summed E-state index contributed by atoms with van der Waals surface area (Å²) in [6.07, 6.45) is 2.87. The van der Waals surface area contributed by atoms with Gasteiger partial charge in [0.1, 0.15) is 5.60 Å². The van der Waals surface area contributed by atoms with E-state index in [1.807, 2.05) is 37.3 Å². The molecule has 2 fully saturated rings. The van der Waals surface area contributed by atoms with Gasteiger partial charge in [-0.15, -0.1) is 0 Å². The normalized spacial score (nSPS) is 32.9. The molecule has 2 aromatic rings. The minimum atomic E-state index is -0.465. The van der Waals surface area contributed by atoms with Gasteiger partial charge in [-0.2, -0.15) is 0 Å². The number of aryl methyl sites for hydroxylation is 1. The van der Waals surface area contributed by atoms with Gasteiger partial charge < -0.3 is 10.1 Å². The molecule has 28 heavy (non-hydrogen) atoms. The number of amides is 1. The van der Waals surface area contributed by atoms with Gasteiger partial charge in [0.2, 0.25) is 5.91 Å². The third-order valence-electron chi connectivity index (χ3n) is 7.09. The zero-order valence-corrected chi connectivity index (χ0v) is 16.3. The smallest absolute Gasteiger partial charge is 0.306 e. The molecule has 1 saturated heterocycles. The summed E-state index contributed by atoms with van der Waals surface area (Å²) in [5.74, 6) is -0.277. The van der Waals surface area contributed by atoms with Crippen molar-refractivity contribution in [2.24, 2.45) is 5.41 Å². The average Bonchev–Trinajstić information content (AvgIpc) is 2.90. The van der Waals surface area contributed by atoms with Crippen molar-refractivity contribution in [3.05, 3.63) is 65.2 Å². The predicted molar refractivity (Wildman–Crippen MR) is 107 cm³/mol. The lowest BCUT2D eigenvalue weighted by Crippen LogP contribution is -2.54. The number of hydrogen-bond acceptors (Lipinski definition) is 3. The molecule has 1 amide bonds. The average molecular weight is 375 g/mol. The molecule has 4 heteroatoms. The summed E-state index contributed by atoms with van der Waals surface area (Å²) in [5.41, 5.74) is 3.45. The molecular formula is C24H25NO3. The van der Waals surface area contributed by atoms with E-state index in [1.165, 1.54) is 5.56 Å². The standard InChI is InChI=1S/C24H25NO3/c1-15-7-6-10-17-18-11-12-23(2)14-24(18,13-19(26)28-23)21(20(15)17)22(27)25-16-8-4-3-5-9-16/h3-10,18,21H,11-14H2,1-2H3,(H,25,27)/t18-,21-,23+,24-/m1/s1. The molecule has 2 bridgehead atoms. The Morgan fingerprint density at radius 1 is 1.14 bits per heavy atom. The highest BCUT2D eigenvalue weighted by Crippen LogP contribution is 2.68. The van der Waals surface area contributed by atoms with Crippen molar-refractivity contribution in [1.29, 1.82) is 0 Å². The van der Waals surface area contributed by atoms with Crippen LogP contribution < -0.4 is 5.32 Å². The summed E-state index contributed by atoms with van der Waals surface area (Å²) >= 11 is 0. The number of nitrogens with one attached hydrogen (secondary N) is 1. The number of carbonyl (C=O) groups excluding carboxylic acids is 2. The summed E-state index contributed by atoms with van der Waals surface area (Å²) < 4.78 is 5.75. The first kappa shape index (κ1) is 17.5. The monoisotopic (exact) mass is 375 g/mol. The Morgan fingerprint density at radius 2 is 1.93 bits per heavy atom. The van der Waals surface area contributed by atoms with Crippen LogP contribution in [0.1, 0.15) is 61.1 Å². The van der Waals surface area contributed by atoms with E-state index < -0.39 is 11.0 Å². The summed E-state index contributed by atoms with van der Waals surface area (Å²) in [6.45, 7) is 4.11. The second-order valence-corrected chi connectivity index (χ2v) is 8.97. The summed E-state index contributed by atoms with van der Waals surface area (Å²) in [7, 11) is 0. The molecular weight excluding hydrogens is 350 g/mol. The summed E-state index contributed by atoms with van der Waals surface area (Å²) in [5, 5.41) is 3.12. The number of ether oxygens (including phenoxy) is 1. The van der Waals surface area contributed by atoms with Crippen LogP contribution in [0.4, 0.5) is 5.69 Å². The Hall–Kier alpha value is -2.62. The maximum atomic E-state index is 13.6. The van der Waals surface area contributed by atoms with E-state index >= 15 is 0 Å². The van der Waals surface area contributed by atoms with Crippen molar-refractivity contribution in [3.63, 3.8) is 0 Å². The molecule has 144 valence electrons. The lowest BCUT2D eigenvalue weighted by molar-refractivity contribution is -0.188. The zero-order chi connectivity index (χ0) is 19.5. The van der Waals surface area contributed by atoms with E-state index in [0.717, 1.165) is 36.1 Å². The highest BCUT2D eigenvalue weighted by atomic mass is 16.6. The Kier molecular flexibility index (Phi) is 3.71. The van der Waals surface area contributed by atoms with Crippen molar-refractivity contribution in [2.75, 3.05) is 5.32 Å². The third-order valence-corrected chi connectivity index (χ3v) is 7.09. The number of fused-ring (bicyclic) bond motifs is 3. The fourth-order valence-electron chi connectivity index (χ4n) is 6.18. The predicted octanol–water partition coefficient (Wildman–Crippen LogP) is 4.69. The van der Waals surface area contributed by atoms with Crippen LogP contribution in [-0.4, -0.2) is 17.5 Å². The largest absolute Gasteiger partial charge is 0.459 e. The zero-order valence-electron chi connectivity index (χ0n) is 16.3. The lowest BCUT2D eigenvalue weighted by atomic mass is 9.56. The van der Waals surface area contributed by atoms with Crippen LogP contribution in [0.5, 0.6) is 0 Å². The van der Waals surface area contributed by atoms with Crippen LogP contribution in [0, 0.1) is 12.3 Å². The molecule has 1 aliphatic heterocycles. The highest BCUT2D eigenvalue weighted by molar-refractivity contribution is 5.98. The Bertz CT molecular complexity index is 969. The van der Waals surface area contributed by atoms with Gasteiger partial charge in [-0.1, -0.05) is 36.4 Å². The lowest BCUT2D eigenvalue weighted by Gasteiger charge is -2.53. The first-order valence-corrected chi connectivity index (χ1v) is 10.1. The molecule has 0 radical (unpaired) electrons.